The predicted octanol–water partition coefficient (Wildman–Crippen LogP) is 5.25. The summed E-state index contributed by atoms with van der Waals surface area (Å²) in [5, 5.41) is 6.62. The minimum atomic E-state index is -0.296. The molecule has 0 saturated heterocycles. The predicted molar refractivity (Wildman–Crippen MR) is 108 cm³/mol. The molecule has 0 aliphatic carbocycles. The molecule has 2 aromatic rings. The molecule has 0 aliphatic rings. The van der Waals surface area contributed by atoms with Crippen LogP contribution in [0, 0.1) is 13.8 Å². The monoisotopic (exact) mass is 422 g/mol. The summed E-state index contributed by atoms with van der Waals surface area (Å²) in [6.45, 7) is 3.95. The van der Waals surface area contributed by atoms with E-state index in [4.69, 9.17) is 23.8 Å². The van der Waals surface area contributed by atoms with Crippen LogP contribution in [0.15, 0.2) is 46.9 Å². The first kappa shape index (κ1) is 18.6. The van der Waals surface area contributed by atoms with Crippen LogP contribution in [-0.4, -0.2) is 11.0 Å². The van der Waals surface area contributed by atoms with E-state index in [2.05, 4.69) is 26.6 Å². The highest BCUT2D eigenvalue weighted by molar-refractivity contribution is 9.10. The Morgan fingerprint density at radius 1 is 1.17 bits per heavy atom. The van der Waals surface area contributed by atoms with Crippen LogP contribution in [0.4, 0.5) is 5.69 Å². The third kappa shape index (κ3) is 5.44. The summed E-state index contributed by atoms with van der Waals surface area (Å²) < 4.78 is 1.00. The third-order valence-electron chi connectivity index (χ3n) is 3.27. The largest absolute Gasteiger partial charge is 0.332 e. The van der Waals surface area contributed by atoms with Crippen molar-refractivity contribution >= 4 is 62.5 Å². The van der Waals surface area contributed by atoms with Crippen LogP contribution in [0.3, 0.4) is 0 Å². The van der Waals surface area contributed by atoms with Crippen molar-refractivity contribution in [2.75, 3.05) is 5.32 Å². The van der Waals surface area contributed by atoms with Gasteiger partial charge in [0.05, 0.1) is 0 Å². The van der Waals surface area contributed by atoms with E-state index in [9.17, 15) is 4.79 Å². The number of halogens is 2. The summed E-state index contributed by atoms with van der Waals surface area (Å²) in [6, 6.07) is 11.2. The summed E-state index contributed by atoms with van der Waals surface area (Å²) >= 11 is 14.5. The number of amides is 1. The summed E-state index contributed by atoms with van der Waals surface area (Å²) in [6.07, 6.45) is 3.13. The van der Waals surface area contributed by atoms with E-state index < -0.39 is 0 Å². The van der Waals surface area contributed by atoms with Crippen LogP contribution in [0.25, 0.3) is 6.08 Å². The summed E-state index contributed by atoms with van der Waals surface area (Å²) in [5.74, 6) is -0.296. The average molecular weight is 424 g/mol. The van der Waals surface area contributed by atoms with Crippen molar-refractivity contribution in [1.29, 1.82) is 0 Å². The number of benzene rings is 2. The smallest absolute Gasteiger partial charge is 0.250 e. The second-order valence-electron chi connectivity index (χ2n) is 5.24. The van der Waals surface area contributed by atoms with Gasteiger partial charge in [0.1, 0.15) is 0 Å². The van der Waals surface area contributed by atoms with Gasteiger partial charge in [0.25, 0.3) is 0 Å². The van der Waals surface area contributed by atoms with E-state index in [0.29, 0.717) is 5.02 Å². The molecule has 0 fully saturated rings. The van der Waals surface area contributed by atoms with Gasteiger partial charge >= 0.3 is 0 Å². The van der Waals surface area contributed by atoms with Crippen LogP contribution in [-0.2, 0) is 4.79 Å². The number of carbonyl (C=O) groups is 1. The van der Waals surface area contributed by atoms with Crippen molar-refractivity contribution in [3.63, 3.8) is 0 Å². The highest BCUT2D eigenvalue weighted by Gasteiger charge is 2.07. The van der Waals surface area contributed by atoms with Gasteiger partial charge in [0.2, 0.25) is 5.91 Å². The molecule has 2 rings (SSSR count). The Kier molecular flexibility index (Phi) is 6.54. The SMILES string of the molecule is Cc1cc(Br)cc(C)c1NC(=S)NC(=O)C=Cc1ccc(Cl)cc1. The number of aryl methyl sites for hydroxylation is 2. The minimum absolute atomic E-state index is 0.259. The molecule has 0 bridgehead atoms. The van der Waals surface area contributed by atoms with E-state index >= 15 is 0 Å². The number of hydrogen-bond acceptors (Lipinski definition) is 2. The lowest BCUT2D eigenvalue weighted by Gasteiger charge is -2.14. The van der Waals surface area contributed by atoms with E-state index in [-0.39, 0.29) is 11.0 Å². The highest BCUT2D eigenvalue weighted by Crippen LogP contribution is 2.24. The molecule has 0 heterocycles. The van der Waals surface area contributed by atoms with Gasteiger partial charge in [0, 0.05) is 21.3 Å². The molecule has 0 aromatic heterocycles. The Morgan fingerprint density at radius 2 is 1.75 bits per heavy atom. The van der Waals surface area contributed by atoms with Crippen LogP contribution in [0.1, 0.15) is 16.7 Å². The highest BCUT2D eigenvalue weighted by atomic mass is 79.9. The van der Waals surface area contributed by atoms with Crippen LogP contribution in [0.2, 0.25) is 5.02 Å². The molecule has 0 atom stereocenters. The second kappa shape index (κ2) is 8.42. The van der Waals surface area contributed by atoms with Crippen LogP contribution in [0.5, 0.6) is 0 Å². The van der Waals surface area contributed by atoms with Crippen LogP contribution >= 0.6 is 39.7 Å². The second-order valence-corrected chi connectivity index (χ2v) is 7.00. The van der Waals surface area contributed by atoms with E-state index in [1.54, 1.807) is 18.2 Å². The van der Waals surface area contributed by atoms with Crippen molar-refractivity contribution in [3.05, 3.63) is 68.7 Å². The quantitative estimate of drug-likeness (QED) is 0.523. The molecule has 0 aliphatic heterocycles. The first-order valence-electron chi connectivity index (χ1n) is 7.17. The maximum Gasteiger partial charge on any atom is 0.250 e. The van der Waals surface area contributed by atoms with Crippen molar-refractivity contribution in [3.8, 4) is 0 Å². The van der Waals surface area contributed by atoms with Crippen molar-refractivity contribution in [1.82, 2.24) is 5.32 Å². The maximum atomic E-state index is 11.9. The fourth-order valence-electron chi connectivity index (χ4n) is 2.15. The third-order valence-corrected chi connectivity index (χ3v) is 4.18. The number of carbonyl (C=O) groups excluding carboxylic acids is 1. The molecule has 24 heavy (non-hydrogen) atoms. The Balaban J connectivity index is 1.97. The number of thiocarbonyl (C=S) groups is 1. The lowest BCUT2D eigenvalue weighted by Crippen LogP contribution is -2.33. The minimum Gasteiger partial charge on any atom is -0.332 e. The zero-order valence-electron chi connectivity index (χ0n) is 13.2. The Morgan fingerprint density at radius 3 is 2.33 bits per heavy atom. The fourth-order valence-corrected chi connectivity index (χ4v) is 3.17. The van der Waals surface area contributed by atoms with Gasteiger partial charge in [-0.1, -0.05) is 39.7 Å². The Bertz CT molecular complexity index is 780. The van der Waals surface area contributed by atoms with Gasteiger partial charge in [0.15, 0.2) is 5.11 Å². The molecule has 1 amide bonds. The first-order valence-corrected chi connectivity index (χ1v) is 8.75. The number of rotatable bonds is 3. The molecule has 0 spiro atoms. The van der Waals surface area contributed by atoms with Gasteiger partial charge in [-0.25, -0.2) is 0 Å². The van der Waals surface area contributed by atoms with E-state index in [1.807, 2.05) is 38.1 Å². The zero-order chi connectivity index (χ0) is 17.7. The molecular weight excluding hydrogens is 408 g/mol. The van der Waals surface area contributed by atoms with Crippen molar-refractivity contribution in [2.24, 2.45) is 0 Å². The molecule has 2 N–H and O–H groups in total. The summed E-state index contributed by atoms with van der Waals surface area (Å²) in [5.41, 5.74) is 3.85. The topological polar surface area (TPSA) is 41.1 Å². The van der Waals surface area contributed by atoms with Crippen molar-refractivity contribution < 1.29 is 4.79 Å². The molecule has 2 aromatic carbocycles. The van der Waals surface area contributed by atoms with Gasteiger partial charge in [-0.15, -0.1) is 0 Å². The molecule has 0 saturated carbocycles. The standard InChI is InChI=1S/C18H16BrClN2OS/c1-11-9-14(19)10-12(2)17(11)22-18(24)21-16(23)8-5-13-3-6-15(20)7-4-13/h3-10H,1-2H3,(H2,21,22,23,24). The Hall–Kier alpha value is -1.69. The maximum absolute atomic E-state index is 11.9. The number of hydrogen-bond donors (Lipinski definition) is 2. The lowest BCUT2D eigenvalue weighted by atomic mass is 10.1. The van der Waals surface area contributed by atoms with Crippen molar-refractivity contribution in [2.45, 2.75) is 13.8 Å². The average Bonchev–Trinajstić information content (AvgIpc) is 2.50. The van der Waals surface area contributed by atoms with E-state index in [0.717, 1.165) is 26.9 Å². The van der Waals surface area contributed by atoms with Crippen LogP contribution < -0.4 is 10.6 Å². The van der Waals surface area contributed by atoms with Gasteiger partial charge in [-0.2, -0.15) is 0 Å². The Labute approximate surface area is 160 Å². The van der Waals surface area contributed by atoms with Gasteiger partial charge < -0.3 is 5.32 Å². The van der Waals surface area contributed by atoms with Gasteiger partial charge in [-0.05, 0) is 73.1 Å². The molecule has 6 heteroatoms. The molecule has 3 nitrogen and oxygen atoms in total. The number of nitrogens with one attached hydrogen (secondary N) is 2. The first-order chi connectivity index (χ1) is 11.3. The zero-order valence-corrected chi connectivity index (χ0v) is 16.3. The summed E-state index contributed by atoms with van der Waals surface area (Å²) in [7, 11) is 0. The normalized spacial score (nSPS) is 10.7. The lowest BCUT2D eigenvalue weighted by molar-refractivity contribution is -0.115. The fraction of sp³-hybridized carbons (Fsp3) is 0.111. The molecular formula is C18H16BrClN2OS. The molecule has 0 radical (unpaired) electrons. The molecule has 0 unspecified atom stereocenters. The number of anilines is 1. The molecule has 124 valence electrons. The van der Waals surface area contributed by atoms with E-state index in [1.165, 1.54) is 6.08 Å². The summed E-state index contributed by atoms with van der Waals surface area (Å²) in [4.78, 5) is 11.9. The van der Waals surface area contributed by atoms with Gasteiger partial charge in [-0.3, -0.25) is 10.1 Å².